The van der Waals surface area contributed by atoms with Crippen molar-refractivity contribution in [2.75, 3.05) is 23.8 Å². The van der Waals surface area contributed by atoms with Crippen molar-refractivity contribution in [3.05, 3.63) is 53.6 Å². The fraction of sp³-hybridized carbons (Fsp3) is 0.516. The molecule has 3 saturated heterocycles. The maximum Gasteiger partial charge on any atom is 0.250 e. The van der Waals surface area contributed by atoms with Crippen molar-refractivity contribution in [1.29, 1.82) is 0 Å². The molecule has 5 rings (SSSR count). The molecule has 0 aliphatic carbocycles. The maximum atomic E-state index is 14.2. The maximum absolute atomic E-state index is 14.2. The van der Waals surface area contributed by atoms with Crippen molar-refractivity contribution in [3.8, 4) is 5.75 Å². The van der Waals surface area contributed by atoms with Gasteiger partial charge in [0.25, 0.3) is 0 Å². The number of nitrogens with zero attached hydrogens (tertiary/aromatic N) is 1. The molecule has 0 saturated carbocycles. The second-order valence-electron chi connectivity index (χ2n) is 11.7. The molecular weight excluding hydrogens is 510 g/mol. The molecule has 2 aromatic rings. The Morgan fingerprint density at radius 2 is 1.85 bits per heavy atom. The van der Waals surface area contributed by atoms with Crippen LogP contribution in [0.3, 0.4) is 0 Å². The van der Waals surface area contributed by atoms with Crippen molar-refractivity contribution in [1.82, 2.24) is 4.90 Å². The van der Waals surface area contributed by atoms with Crippen molar-refractivity contribution >= 4 is 29.1 Å². The Morgan fingerprint density at radius 3 is 2.50 bits per heavy atom. The van der Waals surface area contributed by atoms with Crippen LogP contribution in [-0.4, -0.2) is 64.2 Å². The summed E-state index contributed by atoms with van der Waals surface area (Å²) in [6.07, 6.45) is 0.451. The molecule has 9 nitrogen and oxygen atoms in total. The number of carbonyl (C=O) groups excluding carboxylic acids is 3. The zero-order valence-electron chi connectivity index (χ0n) is 24.0. The third-order valence-electron chi connectivity index (χ3n) is 9.11. The first-order chi connectivity index (χ1) is 19.0. The highest BCUT2D eigenvalue weighted by atomic mass is 16.5. The van der Waals surface area contributed by atoms with Crippen molar-refractivity contribution in [2.45, 2.75) is 71.2 Å². The molecule has 3 amide bonds. The number of likely N-dealkylation sites (tertiary alicyclic amines) is 1. The zero-order chi connectivity index (χ0) is 29.0. The van der Waals surface area contributed by atoms with Gasteiger partial charge < -0.3 is 30.1 Å². The fourth-order valence-electron chi connectivity index (χ4n) is 7.03. The summed E-state index contributed by atoms with van der Waals surface area (Å²) < 4.78 is 12.2. The van der Waals surface area contributed by atoms with Gasteiger partial charge in [-0.25, -0.2) is 0 Å². The van der Waals surface area contributed by atoms with Crippen LogP contribution in [0.5, 0.6) is 5.75 Å². The first kappa shape index (κ1) is 28.1. The highest BCUT2D eigenvalue weighted by Gasteiger charge is 2.80. The molecule has 1 spiro atoms. The number of fused-ring (bicyclic) bond motifs is 1. The highest BCUT2D eigenvalue weighted by molar-refractivity contribution is 6.05. The van der Waals surface area contributed by atoms with Crippen LogP contribution in [-0.2, 0) is 19.1 Å². The van der Waals surface area contributed by atoms with E-state index >= 15 is 0 Å². The molecule has 214 valence electrons. The lowest BCUT2D eigenvalue weighted by Gasteiger charge is -2.36. The van der Waals surface area contributed by atoms with Crippen LogP contribution in [0.2, 0.25) is 0 Å². The Morgan fingerprint density at radius 1 is 1.15 bits per heavy atom. The SMILES string of the molecule is CCOc1ccc(NC(=O)[C@H]2[C@H]3C(=O)N([C@H](C)CO)C(C(=O)Nc4cc(C)ccc4C)C34CC(C)[C@]2(C)O4)cc1. The number of aryl methyl sites for hydroxylation is 2. The lowest BCUT2D eigenvalue weighted by atomic mass is 9.62. The van der Waals surface area contributed by atoms with E-state index in [0.717, 1.165) is 11.1 Å². The molecule has 2 aromatic carbocycles. The van der Waals surface area contributed by atoms with Crippen LogP contribution in [0, 0.1) is 31.6 Å². The van der Waals surface area contributed by atoms with Gasteiger partial charge in [-0.3, -0.25) is 14.4 Å². The number of aliphatic hydroxyl groups is 1. The Bertz CT molecular complexity index is 1330. The molecule has 2 bridgehead atoms. The van der Waals surface area contributed by atoms with E-state index in [1.807, 2.05) is 52.8 Å². The number of hydrogen-bond donors (Lipinski definition) is 3. The van der Waals surface area contributed by atoms with Crippen molar-refractivity contribution < 1.29 is 29.0 Å². The molecule has 0 radical (unpaired) electrons. The molecule has 9 heteroatoms. The van der Waals surface area contributed by atoms with E-state index in [0.29, 0.717) is 30.2 Å². The van der Waals surface area contributed by atoms with Gasteiger partial charge in [-0.05, 0) is 88.4 Å². The van der Waals surface area contributed by atoms with Gasteiger partial charge in [0.05, 0.1) is 36.7 Å². The molecule has 7 atom stereocenters. The number of rotatable bonds is 8. The average molecular weight is 550 g/mol. The Kier molecular flexibility index (Phi) is 7.17. The van der Waals surface area contributed by atoms with Gasteiger partial charge in [0.2, 0.25) is 17.7 Å². The summed E-state index contributed by atoms with van der Waals surface area (Å²) in [6, 6.07) is 11.2. The second kappa shape index (κ2) is 10.2. The molecule has 3 heterocycles. The normalized spacial score (nSPS) is 31.2. The first-order valence-corrected chi connectivity index (χ1v) is 14.0. The molecule has 3 N–H and O–H groups in total. The third-order valence-corrected chi connectivity index (χ3v) is 9.11. The number of benzene rings is 2. The summed E-state index contributed by atoms with van der Waals surface area (Å²) in [5.74, 6) is -2.12. The van der Waals surface area contributed by atoms with Crippen LogP contribution in [0.1, 0.15) is 45.2 Å². The second-order valence-corrected chi connectivity index (χ2v) is 11.7. The number of nitrogens with one attached hydrogen (secondary N) is 2. The van der Waals surface area contributed by atoms with Crippen LogP contribution in [0.25, 0.3) is 0 Å². The predicted octanol–water partition coefficient (Wildman–Crippen LogP) is 3.67. The van der Waals surface area contributed by atoms with Crippen LogP contribution in [0.4, 0.5) is 11.4 Å². The number of ether oxygens (including phenoxy) is 2. The van der Waals surface area contributed by atoms with E-state index in [2.05, 4.69) is 10.6 Å². The highest BCUT2D eigenvalue weighted by Crippen LogP contribution is 2.65. The lowest BCUT2D eigenvalue weighted by Crippen LogP contribution is -2.56. The van der Waals surface area contributed by atoms with Gasteiger partial charge in [-0.2, -0.15) is 0 Å². The predicted molar refractivity (Wildman–Crippen MR) is 151 cm³/mol. The summed E-state index contributed by atoms with van der Waals surface area (Å²) in [5.41, 5.74) is 0.982. The molecule has 40 heavy (non-hydrogen) atoms. The van der Waals surface area contributed by atoms with E-state index in [1.165, 1.54) is 4.90 Å². The van der Waals surface area contributed by atoms with Gasteiger partial charge in [0, 0.05) is 11.4 Å². The first-order valence-electron chi connectivity index (χ1n) is 14.0. The van der Waals surface area contributed by atoms with E-state index in [9.17, 15) is 19.5 Å². The van der Waals surface area contributed by atoms with Gasteiger partial charge in [-0.1, -0.05) is 19.1 Å². The average Bonchev–Trinajstić information content (AvgIpc) is 3.43. The molecular formula is C31H39N3O6. The van der Waals surface area contributed by atoms with E-state index in [4.69, 9.17) is 9.47 Å². The minimum Gasteiger partial charge on any atom is -0.494 e. The number of anilines is 2. The minimum atomic E-state index is -1.20. The minimum absolute atomic E-state index is 0.0898. The number of carbonyl (C=O) groups is 3. The van der Waals surface area contributed by atoms with Gasteiger partial charge in [0.1, 0.15) is 17.4 Å². The Balaban J connectivity index is 1.51. The molecule has 0 aromatic heterocycles. The largest absolute Gasteiger partial charge is 0.494 e. The lowest BCUT2D eigenvalue weighted by molar-refractivity contribution is -0.147. The fourth-order valence-corrected chi connectivity index (χ4v) is 7.03. The zero-order valence-corrected chi connectivity index (χ0v) is 24.0. The topological polar surface area (TPSA) is 117 Å². The van der Waals surface area contributed by atoms with Gasteiger partial charge in [0.15, 0.2) is 0 Å². The quantitative estimate of drug-likeness (QED) is 0.463. The summed E-state index contributed by atoms with van der Waals surface area (Å²) in [5, 5.41) is 16.1. The Labute approximate surface area is 235 Å². The summed E-state index contributed by atoms with van der Waals surface area (Å²) >= 11 is 0. The summed E-state index contributed by atoms with van der Waals surface area (Å²) in [6.45, 7) is 11.6. The van der Waals surface area contributed by atoms with E-state index in [1.54, 1.807) is 31.2 Å². The molecule has 3 fully saturated rings. The van der Waals surface area contributed by atoms with Crippen molar-refractivity contribution in [2.24, 2.45) is 17.8 Å². The van der Waals surface area contributed by atoms with Crippen LogP contribution >= 0.6 is 0 Å². The molecule has 3 aliphatic heterocycles. The molecule has 3 unspecified atom stereocenters. The summed E-state index contributed by atoms with van der Waals surface area (Å²) in [4.78, 5) is 43.6. The van der Waals surface area contributed by atoms with E-state index in [-0.39, 0.29) is 30.2 Å². The van der Waals surface area contributed by atoms with Crippen LogP contribution < -0.4 is 15.4 Å². The smallest absolute Gasteiger partial charge is 0.250 e. The summed E-state index contributed by atoms with van der Waals surface area (Å²) in [7, 11) is 0. The van der Waals surface area contributed by atoms with Crippen LogP contribution in [0.15, 0.2) is 42.5 Å². The van der Waals surface area contributed by atoms with Gasteiger partial charge in [-0.15, -0.1) is 0 Å². The van der Waals surface area contributed by atoms with Gasteiger partial charge >= 0.3 is 0 Å². The monoisotopic (exact) mass is 549 g/mol. The molecule has 3 aliphatic rings. The standard InChI is InChI=1S/C31H39N3O6/c1-7-39-22-12-10-21(11-13-22)32-27(36)24-25-29(38)34(20(5)16-35)26(31(25)15-19(4)30(24,6)40-31)28(37)33-23-14-17(2)8-9-18(23)3/h8-14,19-20,24-26,35H,7,15-16H2,1-6H3,(H,32,36)(H,33,37)/t19?,20-,24-,25+,26?,30+,31?/m1/s1. The third kappa shape index (κ3) is 4.27. The number of hydrogen-bond acceptors (Lipinski definition) is 6. The Hall–Kier alpha value is -3.43. The van der Waals surface area contributed by atoms with Crippen molar-refractivity contribution in [3.63, 3.8) is 0 Å². The number of aliphatic hydroxyl groups excluding tert-OH is 1. The number of amides is 3. The van der Waals surface area contributed by atoms with E-state index < -0.39 is 35.1 Å².